The van der Waals surface area contributed by atoms with E-state index in [2.05, 4.69) is 4.72 Å². The molecule has 0 bridgehead atoms. The Morgan fingerprint density at radius 3 is 2.12 bits per heavy atom. The van der Waals surface area contributed by atoms with Crippen LogP contribution in [0.25, 0.3) is 0 Å². The van der Waals surface area contributed by atoms with Gasteiger partial charge in [-0.2, -0.15) is 0 Å². The van der Waals surface area contributed by atoms with Gasteiger partial charge in [0.2, 0.25) is 0 Å². The number of hydrogen-bond acceptors (Lipinski definition) is 3. The molecule has 24 heavy (non-hydrogen) atoms. The van der Waals surface area contributed by atoms with Gasteiger partial charge in [0.05, 0.1) is 20.6 Å². The highest BCUT2D eigenvalue weighted by atomic mass is 32.2. The quantitative estimate of drug-likeness (QED) is 0.884. The number of nitrogens with one attached hydrogen (secondary N) is 1. The van der Waals surface area contributed by atoms with Crippen molar-refractivity contribution in [1.82, 2.24) is 4.72 Å². The summed E-state index contributed by atoms with van der Waals surface area (Å²) in [6.45, 7) is 11.2. The van der Waals surface area contributed by atoms with Crippen molar-refractivity contribution < 1.29 is 12.6 Å². The fourth-order valence-corrected chi connectivity index (χ4v) is 5.77. The summed E-state index contributed by atoms with van der Waals surface area (Å²) < 4.78 is 40.6. The summed E-state index contributed by atoms with van der Waals surface area (Å²) in [6.07, 6.45) is 4.04. The molecule has 0 spiro atoms. The topological polar surface area (TPSA) is 63.2 Å². The van der Waals surface area contributed by atoms with Crippen molar-refractivity contribution in [3.05, 3.63) is 51.6 Å². The van der Waals surface area contributed by atoms with E-state index >= 15 is 0 Å². The molecule has 0 amide bonds. The first-order valence-electron chi connectivity index (χ1n) is 7.86. The van der Waals surface area contributed by atoms with Crippen molar-refractivity contribution in [2.45, 2.75) is 57.6 Å². The average Bonchev–Trinajstić information content (AvgIpc) is 2.81. The fourth-order valence-electron chi connectivity index (χ4n) is 2.88. The number of benzene rings is 1. The summed E-state index contributed by atoms with van der Waals surface area (Å²) in [6, 6.07) is 3.72. The summed E-state index contributed by atoms with van der Waals surface area (Å²) in [7, 11) is -5.00. The van der Waals surface area contributed by atoms with E-state index in [1.807, 2.05) is 45.9 Å². The van der Waals surface area contributed by atoms with E-state index in [4.69, 9.17) is 0 Å². The molecule has 0 fully saturated rings. The SMILES string of the molecule is Cc1cc(C)c(S(=O)(=O)NC2=C(S(=O)C(C)(C)C)C=CC2)c(C)c1. The maximum atomic E-state index is 12.9. The molecule has 1 atom stereocenters. The summed E-state index contributed by atoms with van der Waals surface area (Å²) in [5.41, 5.74) is 2.96. The third-order valence-electron chi connectivity index (χ3n) is 3.78. The molecule has 132 valence electrons. The van der Waals surface area contributed by atoms with E-state index in [1.54, 1.807) is 19.9 Å². The van der Waals surface area contributed by atoms with Gasteiger partial charge in [-0.3, -0.25) is 8.93 Å². The molecule has 0 saturated carbocycles. The van der Waals surface area contributed by atoms with Crippen LogP contribution in [0, 0.1) is 20.8 Å². The fraction of sp³-hybridized carbons (Fsp3) is 0.444. The zero-order valence-electron chi connectivity index (χ0n) is 15.1. The Hall–Kier alpha value is -1.40. The van der Waals surface area contributed by atoms with Crippen molar-refractivity contribution in [1.29, 1.82) is 0 Å². The summed E-state index contributed by atoms with van der Waals surface area (Å²) in [5, 5.41) is 0. The lowest BCUT2D eigenvalue weighted by Crippen LogP contribution is -2.28. The lowest BCUT2D eigenvalue weighted by molar-refractivity contribution is 0.586. The Bertz CT molecular complexity index is 834. The first-order valence-corrected chi connectivity index (χ1v) is 10.5. The van der Waals surface area contributed by atoms with Gasteiger partial charge in [0.15, 0.2) is 0 Å². The number of hydrogen-bond donors (Lipinski definition) is 1. The largest absolute Gasteiger partial charge is 0.282 e. The maximum Gasteiger partial charge on any atom is 0.262 e. The van der Waals surface area contributed by atoms with E-state index in [1.165, 1.54) is 0 Å². The molecule has 1 N–H and O–H groups in total. The summed E-state index contributed by atoms with van der Waals surface area (Å²) in [5.74, 6) is 0. The molecular weight excluding hydrogens is 342 g/mol. The molecule has 0 radical (unpaired) electrons. The second-order valence-corrected chi connectivity index (χ2v) is 11.0. The summed E-state index contributed by atoms with van der Waals surface area (Å²) >= 11 is 0. The third kappa shape index (κ3) is 3.81. The Kier molecular flexibility index (Phi) is 5.11. The Morgan fingerprint density at radius 2 is 1.62 bits per heavy atom. The minimum Gasteiger partial charge on any atom is -0.282 e. The van der Waals surface area contributed by atoms with Crippen molar-refractivity contribution in [2.24, 2.45) is 0 Å². The van der Waals surface area contributed by atoms with Gasteiger partial charge in [-0.15, -0.1) is 0 Å². The minimum absolute atomic E-state index is 0.299. The lowest BCUT2D eigenvalue weighted by Gasteiger charge is -2.20. The van der Waals surface area contributed by atoms with Crippen LogP contribution in [0.3, 0.4) is 0 Å². The van der Waals surface area contributed by atoms with E-state index in [0.29, 0.717) is 33.0 Å². The van der Waals surface area contributed by atoms with E-state index < -0.39 is 25.6 Å². The normalized spacial score (nSPS) is 16.6. The van der Waals surface area contributed by atoms with Gasteiger partial charge in [-0.25, -0.2) is 8.42 Å². The molecule has 0 heterocycles. The zero-order valence-corrected chi connectivity index (χ0v) is 16.7. The molecule has 1 aliphatic carbocycles. The highest BCUT2D eigenvalue weighted by Crippen LogP contribution is 2.29. The van der Waals surface area contributed by atoms with Gasteiger partial charge in [0.1, 0.15) is 0 Å². The van der Waals surface area contributed by atoms with Crippen LogP contribution in [0.5, 0.6) is 0 Å². The van der Waals surface area contributed by atoms with Crippen LogP contribution in [0.1, 0.15) is 43.9 Å². The second-order valence-electron chi connectivity index (χ2n) is 7.16. The monoisotopic (exact) mass is 367 g/mol. The van der Waals surface area contributed by atoms with Gasteiger partial charge in [-0.1, -0.05) is 23.8 Å². The smallest absolute Gasteiger partial charge is 0.262 e. The number of sulfonamides is 1. The molecule has 6 heteroatoms. The number of allylic oxidation sites excluding steroid dienone is 2. The Labute approximate surface area is 147 Å². The van der Waals surface area contributed by atoms with Crippen molar-refractivity contribution >= 4 is 20.8 Å². The molecule has 1 aromatic carbocycles. The van der Waals surface area contributed by atoms with Crippen LogP contribution in [0.15, 0.2) is 39.8 Å². The van der Waals surface area contributed by atoms with E-state index in [0.717, 1.165) is 5.56 Å². The Morgan fingerprint density at radius 1 is 1.08 bits per heavy atom. The third-order valence-corrected chi connectivity index (χ3v) is 7.37. The molecular formula is C18H25NO3S2. The van der Waals surface area contributed by atoms with Crippen LogP contribution < -0.4 is 4.72 Å². The Balaban J connectivity index is 2.45. The van der Waals surface area contributed by atoms with Crippen molar-refractivity contribution in [3.63, 3.8) is 0 Å². The van der Waals surface area contributed by atoms with Crippen LogP contribution in [0.4, 0.5) is 0 Å². The van der Waals surface area contributed by atoms with Crippen LogP contribution in [-0.2, 0) is 20.8 Å². The second kappa shape index (κ2) is 6.48. The molecule has 2 rings (SSSR count). The predicted octanol–water partition coefficient (Wildman–Crippen LogP) is 3.61. The standard InChI is InChI=1S/C18H25NO3S2/c1-12-10-13(2)17(14(3)11-12)24(21,22)19-15-8-7-9-16(15)23(20)18(4,5)6/h7,9-11,19H,8H2,1-6H3. The summed E-state index contributed by atoms with van der Waals surface area (Å²) in [4.78, 5) is 0.863. The molecule has 4 nitrogen and oxygen atoms in total. The van der Waals surface area contributed by atoms with Crippen LogP contribution >= 0.6 is 0 Å². The predicted molar refractivity (Wildman–Crippen MR) is 99.7 cm³/mol. The minimum atomic E-state index is -3.72. The lowest BCUT2D eigenvalue weighted by atomic mass is 10.1. The first-order chi connectivity index (χ1) is 10.9. The van der Waals surface area contributed by atoms with Gasteiger partial charge in [0.25, 0.3) is 10.0 Å². The average molecular weight is 368 g/mol. The van der Waals surface area contributed by atoms with Gasteiger partial charge in [0, 0.05) is 16.9 Å². The maximum absolute atomic E-state index is 12.9. The zero-order chi connectivity index (χ0) is 18.3. The molecule has 0 saturated heterocycles. The molecule has 1 aromatic rings. The molecule has 0 aromatic heterocycles. The highest BCUT2D eigenvalue weighted by Gasteiger charge is 2.29. The molecule has 1 aliphatic rings. The molecule has 1 unspecified atom stereocenters. The number of aryl methyl sites for hydroxylation is 3. The van der Waals surface area contributed by atoms with E-state index in [9.17, 15) is 12.6 Å². The van der Waals surface area contributed by atoms with Crippen molar-refractivity contribution in [3.8, 4) is 0 Å². The first kappa shape index (κ1) is 18.9. The molecule has 0 aliphatic heterocycles. The van der Waals surface area contributed by atoms with Crippen LogP contribution in [0.2, 0.25) is 0 Å². The van der Waals surface area contributed by atoms with Gasteiger partial charge < -0.3 is 0 Å². The van der Waals surface area contributed by atoms with Crippen molar-refractivity contribution in [2.75, 3.05) is 0 Å². The van der Waals surface area contributed by atoms with Gasteiger partial charge in [-0.05, 0) is 58.7 Å². The van der Waals surface area contributed by atoms with Crippen LogP contribution in [-0.4, -0.2) is 17.4 Å². The van der Waals surface area contributed by atoms with Gasteiger partial charge >= 0.3 is 0 Å². The van der Waals surface area contributed by atoms with E-state index in [-0.39, 0.29) is 0 Å². The number of rotatable bonds is 4. The highest BCUT2D eigenvalue weighted by molar-refractivity contribution is 7.91.